The van der Waals surface area contributed by atoms with Crippen LogP contribution in [-0.2, 0) is 15.4 Å². The summed E-state index contributed by atoms with van der Waals surface area (Å²) in [5.41, 5.74) is 1.18. The number of guanidine groups is 1. The second kappa shape index (κ2) is 9.37. The summed E-state index contributed by atoms with van der Waals surface area (Å²) in [7, 11) is -1.55. The number of nitrogens with one attached hydrogen (secondary N) is 3. The largest absolute Gasteiger partial charge is 0.356 e. The zero-order valence-electron chi connectivity index (χ0n) is 16.1. The zero-order chi connectivity index (χ0) is 19.0. The van der Waals surface area contributed by atoms with Gasteiger partial charge in [-0.05, 0) is 24.3 Å². The van der Waals surface area contributed by atoms with E-state index >= 15 is 0 Å². The first kappa shape index (κ1) is 20.7. The molecule has 146 valence electrons. The Balaban J connectivity index is 1.73. The Morgan fingerprint density at radius 3 is 2.46 bits per heavy atom. The molecule has 0 spiro atoms. The van der Waals surface area contributed by atoms with E-state index in [1.54, 1.807) is 7.05 Å². The molecule has 0 bridgehead atoms. The highest BCUT2D eigenvalue weighted by molar-refractivity contribution is 7.89. The maximum atomic E-state index is 12.0. The monoisotopic (exact) mass is 380 g/mol. The minimum atomic E-state index is -3.24. The molecule has 0 amide bonds. The molecular weight excluding hydrogens is 348 g/mol. The molecular formula is C19H32N4O2S. The van der Waals surface area contributed by atoms with Gasteiger partial charge in [-0.15, -0.1) is 0 Å². The highest BCUT2D eigenvalue weighted by Gasteiger charge is 2.21. The lowest BCUT2D eigenvalue weighted by Crippen LogP contribution is -2.45. The predicted octanol–water partition coefficient (Wildman–Crippen LogP) is 1.85. The first-order valence-corrected chi connectivity index (χ1v) is 10.9. The van der Waals surface area contributed by atoms with Crippen LogP contribution in [0.2, 0.25) is 0 Å². The Labute approximate surface area is 157 Å². The first-order valence-electron chi connectivity index (χ1n) is 9.30. The van der Waals surface area contributed by atoms with Crippen molar-refractivity contribution in [2.24, 2.45) is 10.9 Å². The van der Waals surface area contributed by atoms with Gasteiger partial charge in [0.15, 0.2) is 5.96 Å². The molecule has 0 saturated heterocycles. The molecule has 7 heteroatoms. The van der Waals surface area contributed by atoms with Gasteiger partial charge in [-0.25, -0.2) is 13.1 Å². The van der Waals surface area contributed by atoms with Gasteiger partial charge in [-0.3, -0.25) is 4.99 Å². The van der Waals surface area contributed by atoms with E-state index in [-0.39, 0.29) is 11.2 Å². The zero-order valence-corrected chi connectivity index (χ0v) is 16.9. The second-order valence-corrected chi connectivity index (χ2v) is 9.49. The molecule has 1 fully saturated rings. The van der Waals surface area contributed by atoms with Crippen molar-refractivity contribution in [1.82, 2.24) is 15.4 Å². The SMILES string of the molecule is CN=C(NCCS(=O)(=O)NCC1CCC1)NCC(C)(C)c1ccccc1. The number of sulfonamides is 1. The molecule has 1 saturated carbocycles. The molecule has 26 heavy (non-hydrogen) atoms. The van der Waals surface area contributed by atoms with Gasteiger partial charge in [0.25, 0.3) is 0 Å². The fourth-order valence-corrected chi connectivity index (χ4v) is 3.84. The van der Waals surface area contributed by atoms with Crippen LogP contribution in [0.4, 0.5) is 0 Å². The summed E-state index contributed by atoms with van der Waals surface area (Å²) in [4.78, 5) is 4.18. The van der Waals surface area contributed by atoms with Crippen LogP contribution >= 0.6 is 0 Å². The van der Waals surface area contributed by atoms with Gasteiger partial charge in [0.1, 0.15) is 0 Å². The fourth-order valence-electron chi connectivity index (χ4n) is 2.83. The molecule has 1 aromatic rings. The van der Waals surface area contributed by atoms with Gasteiger partial charge < -0.3 is 10.6 Å². The van der Waals surface area contributed by atoms with Crippen LogP contribution in [0.1, 0.15) is 38.7 Å². The third kappa shape index (κ3) is 6.61. The summed E-state index contributed by atoms with van der Waals surface area (Å²) in [6.45, 7) is 5.92. The van der Waals surface area contributed by atoms with Crippen LogP contribution in [-0.4, -0.2) is 46.8 Å². The van der Waals surface area contributed by atoms with Crippen LogP contribution < -0.4 is 15.4 Å². The van der Waals surface area contributed by atoms with Gasteiger partial charge in [-0.2, -0.15) is 0 Å². The number of hydrogen-bond acceptors (Lipinski definition) is 3. The van der Waals surface area contributed by atoms with Crippen LogP contribution in [0.25, 0.3) is 0 Å². The van der Waals surface area contributed by atoms with E-state index in [0.29, 0.717) is 31.5 Å². The van der Waals surface area contributed by atoms with E-state index in [2.05, 4.69) is 46.3 Å². The van der Waals surface area contributed by atoms with E-state index in [0.717, 1.165) is 12.8 Å². The number of aliphatic imine (C=N–C) groups is 1. The van der Waals surface area contributed by atoms with Gasteiger partial charge >= 0.3 is 0 Å². The molecule has 3 N–H and O–H groups in total. The summed E-state index contributed by atoms with van der Waals surface area (Å²) in [6.07, 6.45) is 3.48. The van der Waals surface area contributed by atoms with E-state index in [1.807, 2.05) is 18.2 Å². The molecule has 1 aliphatic carbocycles. The molecule has 0 unspecified atom stereocenters. The molecule has 0 aromatic heterocycles. The number of nitrogens with zero attached hydrogens (tertiary/aromatic N) is 1. The molecule has 0 atom stereocenters. The Hall–Kier alpha value is -1.60. The van der Waals surface area contributed by atoms with Crippen molar-refractivity contribution in [3.63, 3.8) is 0 Å². The lowest BCUT2D eigenvalue weighted by molar-refractivity contribution is 0.316. The van der Waals surface area contributed by atoms with Crippen molar-refractivity contribution >= 4 is 16.0 Å². The summed E-state index contributed by atoms with van der Waals surface area (Å²) < 4.78 is 26.8. The van der Waals surface area contributed by atoms with Crippen LogP contribution in [0.3, 0.4) is 0 Å². The third-order valence-electron chi connectivity index (χ3n) is 4.96. The second-order valence-electron chi connectivity index (χ2n) is 7.57. The minimum absolute atomic E-state index is 0.0441. The maximum Gasteiger partial charge on any atom is 0.213 e. The van der Waals surface area contributed by atoms with Crippen molar-refractivity contribution in [2.45, 2.75) is 38.5 Å². The van der Waals surface area contributed by atoms with Crippen LogP contribution in [0, 0.1) is 5.92 Å². The lowest BCUT2D eigenvalue weighted by atomic mass is 9.85. The molecule has 2 rings (SSSR count). The summed E-state index contributed by atoms with van der Waals surface area (Å²) in [5, 5.41) is 6.37. The Bertz CT molecular complexity index is 683. The molecule has 1 aliphatic rings. The Kier molecular flexibility index (Phi) is 7.46. The highest BCUT2D eigenvalue weighted by atomic mass is 32.2. The molecule has 0 heterocycles. The van der Waals surface area contributed by atoms with Gasteiger partial charge in [0, 0.05) is 32.1 Å². The van der Waals surface area contributed by atoms with Crippen molar-refractivity contribution < 1.29 is 8.42 Å². The quantitative estimate of drug-likeness (QED) is 0.451. The van der Waals surface area contributed by atoms with E-state index < -0.39 is 10.0 Å². The lowest BCUT2D eigenvalue weighted by Gasteiger charge is -2.27. The standard InChI is InChI=1S/C19H32N4O2S/c1-19(2,17-10-5-4-6-11-17)15-22-18(20-3)21-12-13-26(24,25)23-14-16-8-7-9-16/h4-6,10-11,16,23H,7-9,12-15H2,1-3H3,(H2,20,21,22). The number of rotatable bonds is 9. The molecule has 1 aromatic carbocycles. The van der Waals surface area contributed by atoms with Gasteiger partial charge in [0.05, 0.1) is 5.75 Å². The minimum Gasteiger partial charge on any atom is -0.356 e. The normalized spacial score (nSPS) is 16.2. The third-order valence-corrected chi connectivity index (χ3v) is 6.30. The number of benzene rings is 1. The molecule has 6 nitrogen and oxygen atoms in total. The van der Waals surface area contributed by atoms with Crippen molar-refractivity contribution in [3.8, 4) is 0 Å². The fraction of sp³-hybridized carbons (Fsp3) is 0.632. The van der Waals surface area contributed by atoms with E-state index in [4.69, 9.17) is 0 Å². The van der Waals surface area contributed by atoms with Crippen molar-refractivity contribution in [3.05, 3.63) is 35.9 Å². The highest BCUT2D eigenvalue weighted by Crippen LogP contribution is 2.25. The van der Waals surface area contributed by atoms with E-state index in [9.17, 15) is 8.42 Å². The topological polar surface area (TPSA) is 82.6 Å². The smallest absolute Gasteiger partial charge is 0.213 e. The Morgan fingerprint density at radius 2 is 1.88 bits per heavy atom. The summed E-state index contributed by atoms with van der Waals surface area (Å²) in [6, 6.07) is 10.3. The molecule has 0 aliphatic heterocycles. The van der Waals surface area contributed by atoms with Gasteiger partial charge in [-0.1, -0.05) is 50.6 Å². The molecule has 0 radical (unpaired) electrons. The number of hydrogen-bond donors (Lipinski definition) is 3. The van der Waals surface area contributed by atoms with Crippen molar-refractivity contribution in [2.75, 3.05) is 32.4 Å². The predicted molar refractivity (Wildman–Crippen MR) is 108 cm³/mol. The average molecular weight is 381 g/mol. The Morgan fingerprint density at radius 1 is 1.19 bits per heavy atom. The first-order chi connectivity index (χ1) is 12.3. The van der Waals surface area contributed by atoms with Crippen LogP contribution in [0.15, 0.2) is 35.3 Å². The van der Waals surface area contributed by atoms with Gasteiger partial charge in [0.2, 0.25) is 10.0 Å². The van der Waals surface area contributed by atoms with Crippen LogP contribution in [0.5, 0.6) is 0 Å². The maximum absolute atomic E-state index is 12.0. The van der Waals surface area contributed by atoms with E-state index in [1.165, 1.54) is 12.0 Å². The summed E-state index contributed by atoms with van der Waals surface area (Å²) >= 11 is 0. The van der Waals surface area contributed by atoms with Crippen molar-refractivity contribution in [1.29, 1.82) is 0 Å². The average Bonchev–Trinajstić information content (AvgIpc) is 2.57. The summed E-state index contributed by atoms with van der Waals surface area (Å²) in [5.74, 6) is 1.18.